The predicted octanol–water partition coefficient (Wildman–Crippen LogP) is 2.32. The van der Waals surface area contributed by atoms with Crippen LogP contribution in [-0.4, -0.2) is 29.6 Å². The molecule has 2 rings (SSSR count). The van der Waals surface area contributed by atoms with Crippen molar-refractivity contribution in [3.8, 4) is 0 Å². The SMILES string of the molecule is CCOC1CC(NC(=O)c2csc(CN)n2)C1(CC)CC. The van der Waals surface area contributed by atoms with E-state index in [1.807, 2.05) is 6.92 Å². The van der Waals surface area contributed by atoms with Gasteiger partial charge in [0.15, 0.2) is 0 Å². The summed E-state index contributed by atoms with van der Waals surface area (Å²) in [5.41, 5.74) is 6.07. The van der Waals surface area contributed by atoms with Crippen molar-refractivity contribution in [1.82, 2.24) is 10.3 Å². The van der Waals surface area contributed by atoms with E-state index in [1.54, 1.807) is 5.38 Å². The zero-order valence-corrected chi connectivity index (χ0v) is 13.8. The summed E-state index contributed by atoms with van der Waals surface area (Å²) in [6.07, 6.45) is 3.14. The number of rotatable bonds is 7. The molecule has 2 unspecified atom stereocenters. The zero-order valence-electron chi connectivity index (χ0n) is 13.0. The number of ether oxygens (including phenoxy) is 1. The van der Waals surface area contributed by atoms with Gasteiger partial charge in [-0.2, -0.15) is 0 Å². The van der Waals surface area contributed by atoms with E-state index in [9.17, 15) is 4.79 Å². The molecule has 0 aromatic carbocycles. The van der Waals surface area contributed by atoms with Crippen molar-refractivity contribution >= 4 is 17.2 Å². The first-order chi connectivity index (χ1) is 10.1. The third kappa shape index (κ3) is 2.98. The lowest BCUT2D eigenvalue weighted by molar-refractivity contribution is -0.134. The summed E-state index contributed by atoms with van der Waals surface area (Å²) in [6.45, 7) is 7.46. The van der Waals surface area contributed by atoms with Crippen LogP contribution in [0.15, 0.2) is 5.38 Å². The van der Waals surface area contributed by atoms with Crippen LogP contribution < -0.4 is 11.1 Å². The van der Waals surface area contributed by atoms with Crippen molar-refractivity contribution < 1.29 is 9.53 Å². The van der Waals surface area contributed by atoms with Gasteiger partial charge in [-0.05, 0) is 26.2 Å². The molecule has 0 saturated heterocycles. The Kier molecular flexibility index (Phi) is 5.35. The molecule has 1 saturated carbocycles. The molecular formula is C15H25N3O2S. The summed E-state index contributed by atoms with van der Waals surface area (Å²) in [5, 5.41) is 5.70. The molecule has 21 heavy (non-hydrogen) atoms. The Bertz CT molecular complexity index is 485. The molecule has 6 heteroatoms. The average molecular weight is 311 g/mol. The zero-order chi connectivity index (χ0) is 15.5. The van der Waals surface area contributed by atoms with E-state index in [-0.39, 0.29) is 23.5 Å². The molecule has 0 spiro atoms. The van der Waals surface area contributed by atoms with Gasteiger partial charge in [0, 0.05) is 30.0 Å². The fourth-order valence-electron chi connectivity index (χ4n) is 3.32. The number of nitrogens with zero attached hydrogens (tertiary/aromatic N) is 1. The summed E-state index contributed by atoms with van der Waals surface area (Å²) < 4.78 is 5.83. The topological polar surface area (TPSA) is 77.2 Å². The van der Waals surface area contributed by atoms with E-state index < -0.39 is 0 Å². The Morgan fingerprint density at radius 3 is 2.76 bits per heavy atom. The van der Waals surface area contributed by atoms with E-state index in [1.165, 1.54) is 11.3 Å². The fraction of sp³-hybridized carbons (Fsp3) is 0.733. The van der Waals surface area contributed by atoms with E-state index in [4.69, 9.17) is 10.5 Å². The quantitative estimate of drug-likeness (QED) is 0.810. The molecule has 1 fully saturated rings. The van der Waals surface area contributed by atoms with E-state index in [0.29, 0.717) is 12.2 Å². The Morgan fingerprint density at radius 1 is 1.52 bits per heavy atom. The summed E-state index contributed by atoms with van der Waals surface area (Å²) in [6, 6.07) is 0.166. The van der Waals surface area contributed by atoms with Crippen LogP contribution in [0.3, 0.4) is 0 Å². The van der Waals surface area contributed by atoms with Gasteiger partial charge in [0.1, 0.15) is 10.7 Å². The van der Waals surface area contributed by atoms with Crippen molar-refractivity contribution in [2.45, 2.75) is 58.7 Å². The highest BCUT2D eigenvalue weighted by Gasteiger charge is 2.53. The molecule has 1 aliphatic rings. The summed E-state index contributed by atoms with van der Waals surface area (Å²) in [5.74, 6) is -0.0998. The molecule has 0 bridgehead atoms. The van der Waals surface area contributed by atoms with Crippen molar-refractivity contribution in [2.24, 2.45) is 11.1 Å². The van der Waals surface area contributed by atoms with Gasteiger partial charge in [-0.15, -0.1) is 11.3 Å². The van der Waals surface area contributed by atoms with Crippen LogP contribution >= 0.6 is 11.3 Å². The van der Waals surface area contributed by atoms with Crippen LogP contribution in [0.2, 0.25) is 0 Å². The smallest absolute Gasteiger partial charge is 0.271 e. The van der Waals surface area contributed by atoms with Gasteiger partial charge >= 0.3 is 0 Å². The Balaban J connectivity index is 2.03. The van der Waals surface area contributed by atoms with Crippen molar-refractivity contribution in [1.29, 1.82) is 0 Å². The number of nitrogens with two attached hydrogens (primary N) is 1. The molecule has 1 heterocycles. The third-order valence-corrected chi connectivity index (χ3v) is 5.60. The van der Waals surface area contributed by atoms with Gasteiger partial charge < -0.3 is 15.8 Å². The highest BCUT2D eigenvalue weighted by molar-refractivity contribution is 7.09. The van der Waals surface area contributed by atoms with E-state index >= 15 is 0 Å². The number of carbonyl (C=O) groups is 1. The fourth-order valence-corrected chi connectivity index (χ4v) is 3.98. The number of carbonyl (C=O) groups excluding carboxylic acids is 1. The summed E-state index contributed by atoms with van der Waals surface area (Å²) >= 11 is 1.43. The molecule has 5 nitrogen and oxygen atoms in total. The maximum absolute atomic E-state index is 12.3. The van der Waals surface area contributed by atoms with Crippen molar-refractivity contribution in [3.63, 3.8) is 0 Å². The van der Waals surface area contributed by atoms with Crippen molar-refractivity contribution in [3.05, 3.63) is 16.1 Å². The van der Waals surface area contributed by atoms with Gasteiger partial charge in [0.05, 0.1) is 6.10 Å². The molecular weight excluding hydrogens is 286 g/mol. The second kappa shape index (κ2) is 6.85. The van der Waals surface area contributed by atoms with Gasteiger partial charge in [-0.1, -0.05) is 13.8 Å². The molecule has 1 aromatic heterocycles. The molecule has 2 atom stereocenters. The standard InChI is InChI=1S/C15H25N3O2S/c1-4-15(5-2)11(7-12(15)20-6-3)18-14(19)10-9-21-13(8-16)17-10/h9,11-12H,4-8,16H2,1-3H3,(H,18,19). The maximum Gasteiger partial charge on any atom is 0.271 e. The molecule has 1 amide bonds. The summed E-state index contributed by atoms with van der Waals surface area (Å²) in [4.78, 5) is 16.6. The maximum atomic E-state index is 12.3. The average Bonchev–Trinajstić information content (AvgIpc) is 2.96. The normalized spacial score (nSPS) is 23.6. The largest absolute Gasteiger partial charge is 0.378 e. The molecule has 0 radical (unpaired) electrons. The number of hydrogen-bond acceptors (Lipinski definition) is 5. The van der Waals surface area contributed by atoms with Crippen molar-refractivity contribution in [2.75, 3.05) is 6.61 Å². The highest BCUT2D eigenvalue weighted by Crippen LogP contribution is 2.48. The predicted molar refractivity (Wildman–Crippen MR) is 84.3 cm³/mol. The van der Waals surface area contributed by atoms with Gasteiger partial charge in [-0.25, -0.2) is 4.98 Å². The van der Waals surface area contributed by atoms with E-state index in [2.05, 4.69) is 24.1 Å². The minimum absolute atomic E-state index is 0.0540. The highest BCUT2D eigenvalue weighted by atomic mass is 32.1. The molecule has 1 aromatic rings. The van der Waals surface area contributed by atoms with Crippen LogP contribution in [0.4, 0.5) is 0 Å². The number of nitrogens with one attached hydrogen (secondary N) is 1. The summed E-state index contributed by atoms with van der Waals surface area (Å²) in [7, 11) is 0. The second-order valence-corrected chi connectivity index (χ2v) is 6.42. The molecule has 3 N–H and O–H groups in total. The first kappa shape index (κ1) is 16.4. The number of thiazole rings is 1. The van der Waals surface area contributed by atoms with E-state index in [0.717, 1.165) is 30.9 Å². The Hall–Kier alpha value is -0.980. The van der Waals surface area contributed by atoms with Crippen LogP contribution in [0.25, 0.3) is 0 Å². The Labute approximate surface area is 130 Å². The molecule has 0 aliphatic heterocycles. The number of aromatic nitrogens is 1. The molecule has 118 valence electrons. The van der Waals surface area contributed by atoms with Crippen LogP contribution in [0.5, 0.6) is 0 Å². The monoisotopic (exact) mass is 311 g/mol. The lowest BCUT2D eigenvalue weighted by Crippen LogP contribution is -2.64. The Morgan fingerprint density at radius 2 is 2.24 bits per heavy atom. The minimum Gasteiger partial charge on any atom is -0.378 e. The van der Waals surface area contributed by atoms with Gasteiger partial charge in [0.25, 0.3) is 5.91 Å². The van der Waals surface area contributed by atoms with Crippen LogP contribution in [0.1, 0.15) is 55.5 Å². The number of amides is 1. The first-order valence-corrected chi connectivity index (χ1v) is 8.56. The lowest BCUT2D eigenvalue weighted by Gasteiger charge is -2.55. The number of hydrogen-bond donors (Lipinski definition) is 2. The minimum atomic E-state index is -0.0998. The van der Waals surface area contributed by atoms with Crippen LogP contribution in [-0.2, 0) is 11.3 Å². The lowest BCUT2D eigenvalue weighted by atomic mass is 9.58. The second-order valence-electron chi connectivity index (χ2n) is 5.48. The first-order valence-electron chi connectivity index (χ1n) is 7.68. The van der Waals surface area contributed by atoms with Gasteiger partial charge in [-0.3, -0.25) is 4.79 Å². The third-order valence-electron chi connectivity index (χ3n) is 4.73. The van der Waals surface area contributed by atoms with Gasteiger partial charge in [0.2, 0.25) is 0 Å². The molecule has 1 aliphatic carbocycles. The van der Waals surface area contributed by atoms with Crippen LogP contribution in [0, 0.1) is 5.41 Å².